The van der Waals surface area contributed by atoms with Gasteiger partial charge in [-0.05, 0) is 81.5 Å². The summed E-state index contributed by atoms with van der Waals surface area (Å²) >= 11 is 0. The second-order valence-corrected chi connectivity index (χ2v) is 10.6. The molecule has 0 spiro atoms. The number of aryl methyl sites for hydroxylation is 1. The van der Waals surface area contributed by atoms with Crippen LogP contribution in [-0.4, -0.2) is 29.9 Å². The zero-order chi connectivity index (χ0) is 24.3. The predicted octanol–water partition coefficient (Wildman–Crippen LogP) is 4.03. The third kappa shape index (κ3) is 5.71. The third-order valence-electron chi connectivity index (χ3n) is 6.31. The van der Waals surface area contributed by atoms with Gasteiger partial charge in [0.05, 0.1) is 23.0 Å². The Hall–Kier alpha value is -3.04. The maximum Gasteiger partial charge on any atom is 0.240 e. The average molecular weight is 485 g/mol. The fourth-order valence-corrected chi connectivity index (χ4v) is 5.59. The number of halogens is 1. The largest absolute Gasteiger partial charge is 0.349 e. The highest BCUT2D eigenvalue weighted by molar-refractivity contribution is 7.89. The SMILES string of the molecule is Cc1cn(-c2ccc(S(=O)(=O)NC3CCC(C(=O)NC(C)c4ccc(F)cc4)CC3)cc2)cn1. The Morgan fingerprint density at radius 1 is 1.06 bits per heavy atom. The van der Waals surface area contributed by atoms with Crippen LogP contribution in [0.1, 0.15) is 49.9 Å². The molecule has 1 heterocycles. The van der Waals surface area contributed by atoms with Crippen LogP contribution in [0.5, 0.6) is 0 Å². The molecule has 1 aromatic heterocycles. The van der Waals surface area contributed by atoms with Crippen LogP contribution in [-0.2, 0) is 14.8 Å². The minimum atomic E-state index is -3.66. The van der Waals surface area contributed by atoms with Gasteiger partial charge < -0.3 is 9.88 Å². The fourth-order valence-electron chi connectivity index (χ4n) is 4.29. The summed E-state index contributed by atoms with van der Waals surface area (Å²) in [4.78, 5) is 17.1. The van der Waals surface area contributed by atoms with Gasteiger partial charge in [0.1, 0.15) is 5.82 Å². The second kappa shape index (κ2) is 10.1. The van der Waals surface area contributed by atoms with Gasteiger partial charge in [-0.2, -0.15) is 0 Å². The average Bonchev–Trinajstić information content (AvgIpc) is 3.26. The van der Waals surface area contributed by atoms with Crippen molar-refractivity contribution in [1.82, 2.24) is 19.6 Å². The topological polar surface area (TPSA) is 93.1 Å². The van der Waals surface area contributed by atoms with Gasteiger partial charge in [0.15, 0.2) is 0 Å². The number of nitrogens with zero attached hydrogens (tertiary/aromatic N) is 2. The van der Waals surface area contributed by atoms with E-state index < -0.39 is 10.0 Å². The molecule has 1 atom stereocenters. The maximum absolute atomic E-state index is 13.1. The highest BCUT2D eigenvalue weighted by Gasteiger charge is 2.29. The normalized spacial score (nSPS) is 19.5. The standard InChI is InChI=1S/C25H29FN4O3S/c1-17-15-30(16-27-17)23-11-13-24(14-12-23)34(32,33)29-22-9-5-20(6-10-22)25(31)28-18(2)19-3-7-21(26)8-4-19/h3-4,7-8,11-16,18,20,22,29H,5-6,9-10H2,1-2H3,(H,28,31). The molecule has 1 fully saturated rings. The third-order valence-corrected chi connectivity index (χ3v) is 7.84. The van der Waals surface area contributed by atoms with Gasteiger partial charge in [-0.15, -0.1) is 0 Å². The van der Waals surface area contributed by atoms with E-state index in [0.29, 0.717) is 25.7 Å². The predicted molar refractivity (Wildman–Crippen MR) is 127 cm³/mol. The van der Waals surface area contributed by atoms with Crippen LogP contribution < -0.4 is 10.0 Å². The number of benzene rings is 2. The van der Waals surface area contributed by atoms with E-state index in [2.05, 4.69) is 15.0 Å². The molecule has 1 aliphatic rings. The summed E-state index contributed by atoms with van der Waals surface area (Å²) in [5.74, 6) is -0.530. The summed E-state index contributed by atoms with van der Waals surface area (Å²) in [7, 11) is -3.66. The van der Waals surface area contributed by atoms with Crippen molar-refractivity contribution in [2.24, 2.45) is 5.92 Å². The summed E-state index contributed by atoms with van der Waals surface area (Å²) < 4.78 is 43.5. The van der Waals surface area contributed by atoms with E-state index in [1.807, 2.05) is 24.6 Å². The molecule has 7 nitrogen and oxygen atoms in total. The number of aromatic nitrogens is 2. The lowest BCUT2D eigenvalue weighted by Crippen LogP contribution is -2.41. The first-order valence-corrected chi connectivity index (χ1v) is 12.9. The first-order valence-electron chi connectivity index (χ1n) is 11.4. The lowest BCUT2D eigenvalue weighted by atomic mass is 9.85. The van der Waals surface area contributed by atoms with Crippen LogP contribution in [0.2, 0.25) is 0 Å². The number of amides is 1. The van der Waals surface area contributed by atoms with Crippen LogP contribution >= 0.6 is 0 Å². The van der Waals surface area contributed by atoms with Crippen molar-refractivity contribution in [1.29, 1.82) is 0 Å². The van der Waals surface area contributed by atoms with Crippen molar-refractivity contribution >= 4 is 15.9 Å². The number of hydrogen-bond acceptors (Lipinski definition) is 4. The molecule has 34 heavy (non-hydrogen) atoms. The van der Waals surface area contributed by atoms with Gasteiger partial charge >= 0.3 is 0 Å². The molecule has 1 amide bonds. The summed E-state index contributed by atoms with van der Waals surface area (Å²) in [6.07, 6.45) is 5.95. The molecule has 0 saturated heterocycles. The molecule has 4 rings (SSSR count). The fraction of sp³-hybridized carbons (Fsp3) is 0.360. The number of hydrogen-bond donors (Lipinski definition) is 2. The highest BCUT2D eigenvalue weighted by atomic mass is 32.2. The highest BCUT2D eigenvalue weighted by Crippen LogP contribution is 2.27. The second-order valence-electron chi connectivity index (χ2n) is 8.87. The van der Waals surface area contributed by atoms with Crippen molar-refractivity contribution in [2.45, 2.75) is 56.5 Å². The Kier molecular flexibility index (Phi) is 7.13. The molecule has 2 aromatic carbocycles. The molecule has 1 aliphatic carbocycles. The van der Waals surface area contributed by atoms with Crippen LogP contribution in [0, 0.1) is 18.7 Å². The minimum absolute atomic E-state index is 0.0524. The van der Waals surface area contributed by atoms with Crippen LogP contribution in [0.25, 0.3) is 5.69 Å². The van der Waals surface area contributed by atoms with Crippen LogP contribution in [0.15, 0.2) is 66.0 Å². The van der Waals surface area contributed by atoms with Crippen molar-refractivity contribution in [3.05, 3.63) is 78.1 Å². The molecule has 180 valence electrons. The molecule has 3 aromatic rings. The zero-order valence-corrected chi connectivity index (χ0v) is 20.1. The lowest BCUT2D eigenvalue weighted by Gasteiger charge is -2.29. The smallest absolute Gasteiger partial charge is 0.240 e. The van der Waals surface area contributed by atoms with Crippen molar-refractivity contribution < 1.29 is 17.6 Å². The van der Waals surface area contributed by atoms with E-state index in [4.69, 9.17) is 0 Å². The Balaban J connectivity index is 1.29. The van der Waals surface area contributed by atoms with Crippen molar-refractivity contribution in [3.8, 4) is 5.69 Å². The van der Waals surface area contributed by atoms with Gasteiger partial charge in [0.25, 0.3) is 0 Å². The molecule has 9 heteroatoms. The number of nitrogens with one attached hydrogen (secondary N) is 2. The molecule has 2 N–H and O–H groups in total. The Morgan fingerprint density at radius 2 is 1.71 bits per heavy atom. The summed E-state index contributed by atoms with van der Waals surface area (Å²) in [5, 5.41) is 2.99. The van der Waals surface area contributed by atoms with Crippen molar-refractivity contribution in [2.75, 3.05) is 0 Å². The van der Waals surface area contributed by atoms with E-state index in [9.17, 15) is 17.6 Å². The van der Waals surface area contributed by atoms with E-state index in [-0.39, 0.29) is 34.6 Å². The number of carbonyl (C=O) groups excluding carboxylic acids is 1. The van der Waals surface area contributed by atoms with E-state index in [0.717, 1.165) is 16.9 Å². The van der Waals surface area contributed by atoms with Gasteiger partial charge in [0, 0.05) is 23.8 Å². The maximum atomic E-state index is 13.1. The van der Waals surface area contributed by atoms with E-state index >= 15 is 0 Å². The molecule has 0 radical (unpaired) electrons. The molecule has 1 saturated carbocycles. The quantitative estimate of drug-likeness (QED) is 0.530. The molecular formula is C25H29FN4O3S. The minimum Gasteiger partial charge on any atom is -0.349 e. The monoisotopic (exact) mass is 484 g/mol. The number of carbonyl (C=O) groups is 1. The first-order chi connectivity index (χ1) is 16.2. The molecule has 1 unspecified atom stereocenters. The van der Waals surface area contributed by atoms with E-state index in [1.54, 1.807) is 42.7 Å². The number of imidazole rings is 1. The number of rotatable bonds is 7. The zero-order valence-electron chi connectivity index (χ0n) is 19.2. The molecule has 0 bridgehead atoms. The van der Waals surface area contributed by atoms with Gasteiger partial charge in [-0.1, -0.05) is 12.1 Å². The summed E-state index contributed by atoms with van der Waals surface area (Å²) in [6, 6.07) is 12.3. The van der Waals surface area contributed by atoms with Crippen molar-refractivity contribution in [3.63, 3.8) is 0 Å². The van der Waals surface area contributed by atoms with Crippen LogP contribution in [0.3, 0.4) is 0 Å². The molecule has 0 aliphatic heterocycles. The Labute approximate surface area is 199 Å². The Bertz CT molecular complexity index is 1230. The van der Waals surface area contributed by atoms with E-state index in [1.165, 1.54) is 12.1 Å². The molecular weight excluding hydrogens is 455 g/mol. The van der Waals surface area contributed by atoms with Gasteiger partial charge in [0.2, 0.25) is 15.9 Å². The summed E-state index contributed by atoms with van der Waals surface area (Å²) in [5.41, 5.74) is 2.55. The Morgan fingerprint density at radius 3 is 2.29 bits per heavy atom. The van der Waals surface area contributed by atoms with Gasteiger partial charge in [-0.25, -0.2) is 22.5 Å². The van der Waals surface area contributed by atoms with Crippen LogP contribution in [0.4, 0.5) is 4.39 Å². The summed E-state index contributed by atoms with van der Waals surface area (Å²) in [6.45, 7) is 3.76. The first kappa shape index (κ1) is 24.1. The number of sulfonamides is 1. The lowest BCUT2D eigenvalue weighted by molar-refractivity contribution is -0.126. The van der Waals surface area contributed by atoms with Gasteiger partial charge in [-0.3, -0.25) is 4.79 Å².